The predicted octanol–water partition coefficient (Wildman–Crippen LogP) is 2.89. The van der Waals surface area contributed by atoms with Gasteiger partial charge in [-0.15, -0.1) is 0 Å². The summed E-state index contributed by atoms with van der Waals surface area (Å²) in [5, 5.41) is 3.40. The topological polar surface area (TPSA) is 41.6 Å². The second-order valence-corrected chi connectivity index (χ2v) is 7.16. The maximum Gasteiger partial charge on any atom is 0.223 e. The molecule has 0 aromatic heterocycles. The van der Waals surface area contributed by atoms with Crippen molar-refractivity contribution in [2.24, 2.45) is 11.8 Å². The molecule has 2 saturated heterocycles. The van der Waals surface area contributed by atoms with Crippen LogP contribution in [0.2, 0.25) is 0 Å². The number of halogens is 2. The Kier molecular flexibility index (Phi) is 6.02. The van der Waals surface area contributed by atoms with E-state index in [2.05, 4.69) is 12.2 Å². The molecular weight excluding hydrogens is 326 g/mol. The van der Waals surface area contributed by atoms with Gasteiger partial charge in [-0.1, -0.05) is 13.0 Å². The van der Waals surface area contributed by atoms with Crippen molar-refractivity contribution in [2.45, 2.75) is 32.3 Å². The quantitative estimate of drug-likeness (QED) is 0.906. The monoisotopic (exact) mass is 352 g/mol. The van der Waals surface area contributed by atoms with Crippen LogP contribution in [-0.4, -0.2) is 43.6 Å². The van der Waals surface area contributed by atoms with Crippen molar-refractivity contribution in [1.82, 2.24) is 10.2 Å². The smallest absolute Gasteiger partial charge is 0.223 e. The minimum Gasteiger partial charge on any atom is -0.370 e. The summed E-state index contributed by atoms with van der Waals surface area (Å²) in [6, 6.07) is 3.78. The molecule has 1 aromatic rings. The highest BCUT2D eigenvalue weighted by atomic mass is 19.2. The number of rotatable bonds is 4. The Bertz CT molecular complexity index is 605. The van der Waals surface area contributed by atoms with Gasteiger partial charge in [-0.3, -0.25) is 4.79 Å². The molecule has 2 fully saturated rings. The fourth-order valence-electron chi connectivity index (χ4n) is 3.73. The molecule has 4 nitrogen and oxygen atoms in total. The summed E-state index contributed by atoms with van der Waals surface area (Å²) in [7, 11) is 0. The van der Waals surface area contributed by atoms with Crippen LogP contribution in [-0.2, 0) is 9.53 Å². The second-order valence-electron chi connectivity index (χ2n) is 7.16. The second kappa shape index (κ2) is 8.23. The molecule has 0 bridgehead atoms. The summed E-state index contributed by atoms with van der Waals surface area (Å²) in [4.78, 5) is 14.5. The van der Waals surface area contributed by atoms with E-state index in [1.165, 1.54) is 18.9 Å². The zero-order valence-electron chi connectivity index (χ0n) is 14.6. The first kappa shape index (κ1) is 18.3. The maximum absolute atomic E-state index is 13.5. The highest BCUT2D eigenvalue weighted by Gasteiger charge is 2.29. The zero-order valence-corrected chi connectivity index (χ0v) is 14.6. The van der Waals surface area contributed by atoms with E-state index < -0.39 is 17.7 Å². The third-order valence-corrected chi connectivity index (χ3v) is 5.37. The van der Waals surface area contributed by atoms with Gasteiger partial charge in [0.05, 0.1) is 13.2 Å². The summed E-state index contributed by atoms with van der Waals surface area (Å²) >= 11 is 0. The van der Waals surface area contributed by atoms with Gasteiger partial charge in [0.1, 0.15) is 6.10 Å². The van der Waals surface area contributed by atoms with E-state index in [1.54, 1.807) is 4.90 Å². The van der Waals surface area contributed by atoms with Crippen LogP contribution in [0.1, 0.15) is 37.9 Å². The highest BCUT2D eigenvalue weighted by Crippen LogP contribution is 2.27. The molecule has 3 atom stereocenters. The Labute approximate surface area is 147 Å². The number of ether oxygens (including phenoxy) is 1. The van der Waals surface area contributed by atoms with E-state index in [0.29, 0.717) is 43.5 Å². The van der Waals surface area contributed by atoms with Crippen LogP contribution in [0.15, 0.2) is 18.2 Å². The number of nitrogens with one attached hydrogen (secondary N) is 1. The Hall–Kier alpha value is -1.53. The van der Waals surface area contributed by atoms with Gasteiger partial charge in [0.2, 0.25) is 5.91 Å². The van der Waals surface area contributed by atoms with E-state index in [4.69, 9.17) is 4.74 Å². The van der Waals surface area contributed by atoms with E-state index in [0.717, 1.165) is 25.2 Å². The molecule has 2 aliphatic heterocycles. The fraction of sp³-hybridized carbons (Fsp3) is 0.632. The minimum atomic E-state index is -0.886. The van der Waals surface area contributed by atoms with Gasteiger partial charge in [-0.05, 0) is 55.5 Å². The van der Waals surface area contributed by atoms with Gasteiger partial charge in [-0.2, -0.15) is 0 Å². The van der Waals surface area contributed by atoms with Crippen LogP contribution in [0.25, 0.3) is 0 Å². The Morgan fingerprint density at radius 3 is 2.96 bits per heavy atom. The molecule has 1 amide bonds. The van der Waals surface area contributed by atoms with Gasteiger partial charge in [0.15, 0.2) is 11.6 Å². The molecule has 0 saturated carbocycles. The molecule has 6 heteroatoms. The van der Waals surface area contributed by atoms with Crippen LogP contribution >= 0.6 is 0 Å². The standard InChI is InChI=1S/C19H26F2N2O2/c1-13(15-3-2-6-22-11-15)9-19(24)23-7-8-25-18(12-23)14-4-5-16(20)17(21)10-14/h4-5,10,13,15,18,22H,2-3,6-9,11-12H2,1H3. The first-order valence-electron chi connectivity index (χ1n) is 9.09. The van der Waals surface area contributed by atoms with Gasteiger partial charge in [0, 0.05) is 13.0 Å². The number of morpholine rings is 1. The number of hydrogen-bond acceptors (Lipinski definition) is 3. The molecule has 2 heterocycles. The van der Waals surface area contributed by atoms with Gasteiger partial charge in [0.25, 0.3) is 0 Å². The molecule has 1 N–H and O–H groups in total. The van der Waals surface area contributed by atoms with E-state index in [1.807, 2.05) is 0 Å². The molecule has 3 unspecified atom stereocenters. The number of carbonyl (C=O) groups is 1. The van der Waals surface area contributed by atoms with E-state index in [-0.39, 0.29) is 5.91 Å². The number of benzene rings is 1. The molecule has 25 heavy (non-hydrogen) atoms. The molecule has 2 aliphatic rings. The van der Waals surface area contributed by atoms with Crippen molar-refractivity contribution in [3.8, 4) is 0 Å². The third-order valence-electron chi connectivity index (χ3n) is 5.37. The Balaban J connectivity index is 1.58. The molecule has 138 valence electrons. The predicted molar refractivity (Wildman–Crippen MR) is 91.0 cm³/mol. The fourth-order valence-corrected chi connectivity index (χ4v) is 3.73. The van der Waals surface area contributed by atoms with Crippen LogP contribution in [0.4, 0.5) is 8.78 Å². The minimum absolute atomic E-state index is 0.119. The third kappa shape index (κ3) is 4.55. The summed E-state index contributed by atoms with van der Waals surface area (Å²) in [5.41, 5.74) is 0.570. The summed E-state index contributed by atoms with van der Waals surface area (Å²) in [6.07, 6.45) is 2.46. The molecule has 1 aromatic carbocycles. The van der Waals surface area contributed by atoms with Crippen molar-refractivity contribution in [3.63, 3.8) is 0 Å². The normalized spacial score (nSPS) is 25.6. The van der Waals surface area contributed by atoms with Crippen LogP contribution in [0, 0.1) is 23.5 Å². The lowest BCUT2D eigenvalue weighted by Gasteiger charge is -2.35. The molecular formula is C19H26F2N2O2. The molecule has 0 spiro atoms. The number of piperidine rings is 1. The van der Waals surface area contributed by atoms with Gasteiger partial charge < -0.3 is 15.0 Å². The molecule has 3 rings (SSSR count). The average Bonchev–Trinajstić information content (AvgIpc) is 2.64. The summed E-state index contributed by atoms with van der Waals surface area (Å²) in [6.45, 7) is 5.54. The lowest BCUT2D eigenvalue weighted by Crippen LogP contribution is -2.43. The average molecular weight is 352 g/mol. The zero-order chi connectivity index (χ0) is 17.8. The summed E-state index contributed by atoms with van der Waals surface area (Å²) in [5.74, 6) is -0.759. The first-order chi connectivity index (χ1) is 12.0. The maximum atomic E-state index is 13.5. The number of nitrogens with zero attached hydrogens (tertiary/aromatic N) is 1. The van der Waals surface area contributed by atoms with Crippen molar-refractivity contribution >= 4 is 5.91 Å². The van der Waals surface area contributed by atoms with Crippen LogP contribution < -0.4 is 5.32 Å². The number of carbonyl (C=O) groups excluding carboxylic acids is 1. The number of hydrogen-bond donors (Lipinski definition) is 1. The van der Waals surface area contributed by atoms with E-state index in [9.17, 15) is 13.6 Å². The summed E-state index contributed by atoms with van der Waals surface area (Å²) < 4.78 is 32.2. The van der Waals surface area contributed by atoms with Crippen molar-refractivity contribution in [3.05, 3.63) is 35.4 Å². The van der Waals surface area contributed by atoms with Gasteiger partial charge in [-0.25, -0.2) is 8.78 Å². The molecule has 0 aliphatic carbocycles. The SMILES string of the molecule is CC(CC(=O)N1CCOC(c2ccc(F)c(F)c2)C1)C1CCCNC1. The Morgan fingerprint density at radius 2 is 2.24 bits per heavy atom. The van der Waals surface area contributed by atoms with Gasteiger partial charge >= 0.3 is 0 Å². The van der Waals surface area contributed by atoms with E-state index >= 15 is 0 Å². The highest BCUT2D eigenvalue weighted by molar-refractivity contribution is 5.76. The van der Waals surface area contributed by atoms with Crippen molar-refractivity contribution < 1.29 is 18.3 Å². The lowest BCUT2D eigenvalue weighted by molar-refractivity contribution is -0.140. The van der Waals surface area contributed by atoms with Crippen LogP contribution in [0.3, 0.4) is 0 Å². The van der Waals surface area contributed by atoms with Crippen LogP contribution in [0.5, 0.6) is 0 Å². The molecule has 0 radical (unpaired) electrons. The largest absolute Gasteiger partial charge is 0.370 e. The van der Waals surface area contributed by atoms with Crippen molar-refractivity contribution in [2.75, 3.05) is 32.8 Å². The first-order valence-corrected chi connectivity index (χ1v) is 9.09. The number of amides is 1. The lowest BCUT2D eigenvalue weighted by atomic mass is 9.85. The Morgan fingerprint density at radius 1 is 1.40 bits per heavy atom. The van der Waals surface area contributed by atoms with Crippen molar-refractivity contribution in [1.29, 1.82) is 0 Å².